The Labute approximate surface area is 193 Å². The largest absolute Gasteiger partial charge is 0.493 e. The van der Waals surface area contributed by atoms with E-state index >= 15 is 0 Å². The average molecular weight is 469 g/mol. The monoisotopic (exact) mass is 468 g/mol. The zero-order valence-corrected chi connectivity index (χ0v) is 19.1. The van der Waals surface area contributed by atoms with Crippen molar-refractivity contribution >= 4 is 28.6 Å². The molecule has 0 aliphatic rings. The number of rotatable bonds is 9. The minimum absolute atomic E-state index is 0.0731. The first-order valence-corrected chi connectivity index (χ1v) is 11.4. The second kappa shape index (κ2) is 10.3. The van der Waals surface area contributed by atoms with Crippen LogP contribution in [-0.2, 0) is 18.0 Å². The van der Waals surface area contributed by atoms with Gasteiger partial charge >= 0.3 is 5.97 Å². The molecule has 4 rings (SSSR count). The molecule has 2 aromatic carbocycles. The van der Waals surface area contributed by atoms with E-state index in [1.54, 1.807) is 44.0 Å². The summed E-state index contributed by atoms with van der Waals surface area (Å²) in [5, 5.41) is 4.55. The number of esters is 1. The van der Waals surface area contributed by atoms with Crippen LogP contribution in [0.1, 0.15) is 21.7 Å². The first-order valence-electron chi connectivity index (χ1n) is 9.60. The fraction of sp³-hybridized carbons (Fsp3) is 0.174. The van der Waals surface area contributed by atoms with Gasteiger partial charge in [0.05, 0.1) is 42.2 Å². The summed E-state index contributed by atoms with van der Waals surface area (Å²) < 4.78 is 21.9. The van der Waals surface area contributed by atoms with Gasteiger partial charge in [-0.15, -0.1) is 22.7 Å². The van der Waals surface area contributed by atoms with E-state index in [1.807, 2.05) is 29.0 Å². The summed E-state index contributed by atoms with van der Waals surface area (Å²) in [6.07, 6.45) is 0. The molecule has 0 N–H and O–H groups in total. The van der Waals surface area contributed by atoms with Gasteiger partial charge in [0.25, 0.3) is 0 Å². The molecular weight excluding hydrogens is 448 g/mol. The van der Waals surface area contributed by atoms with Crippen LogP contribution in [0.5, 0.6) is 17.2 Å². The van der Waals surface area contributed by atoms with Gasteiger partial charge in [-0.05, 0) is 36.4 Å². The number of hydrogen-bond acceptors (Lipinski definition) is 9. The highest BCUT2D eigenvalue weighted by Gasteiger charge is 2.15. The SMILES string of the molecule is COc1cccc(-c2nc(COC(=O)c3ccc(OCc4cscn4)cc3)cs2)c1OC. The van der Waals surface area contributed by atoms with Crippen molar-refractivity contribution in [2.24, 2.45) is 0 Å². The van der Waals surface area contributed by atoms with Crippen LogP contribution in [0.2, 0.25) is 0 Å². The van der Waals surface area contributed by atoms with Crippen molar-refractivity contribution in [2.75, 3.05) is 14.2 Å². The quantitative estimate of drug-likeness (QED) is 0.312. The third kappa shape index (κ3) is 5.06. The summed E-state index contributed by atoms with van der Waals surface area (Å²) >= 11 is 2.97. The molecule has 32 heavy (non-hydrogen) atoms. The summed E-state index contributed by atoms with van der Waals surface area (Å²) in [6.45, 7) is 0.460. The Bertz CT molecular complexity index is 1170. The van der Waals surface area contributed by atoms with Crippen molar-refractivity contribution in [3.8, 4) is 27.8 Å². The molecule has 4 aromatic rings. The molecular formula is C23H20N2O5S2. The van der Waals surface area contributed by atoms with Gasteiger partial charge in [0.1, 0.15) is 24.0 Å². The van der Waals surface area contributed by atoms with E-state index in [0.717, 1.165) is 16.3 Å². The highest BCUT2D eigenvalue weighted by molar-refractivity contribution is 7.13. The normalized spacial score (nSPS) is 10.6. The maximum Gasteiger partial charge on any atom is 0.338 e. The maximum atomic E-state index is 12.4. The van der Waals surface area contributed by atoms with Gasteiger partial charge < -0.3 is 18.9 Å². The van der Waals surface area contributed by atoms with E-state index in [1.165, 1.54) is 22.7 Å². The fourth-order valence-electron chi connectivity index (χ4n) is 2.93. The number of carbonyl (C=O) groups excluding carboxylic acids is 1. The number of nitrogens with zero attached hydrogens (tertiary/aromatic N) is 2. The zero-order valence-electron chi connectivity index (χ0n) is 17.4. The van der Waals surface area contributed by atoms with Gasteiger partial charge in [-0.2, -0.15) is 0 Å². The molecule has 0 aliphatic carbocycles. The average Bonchev–Trinajstić information content (AvgIpc) is 3.53. The van der Waals surface area contributed by atoms with E-state index in [2.05, 4.69) is 9.97 Å². The number of aromatic nitrogens is 2. The lowest BCUT2D eigenvalue weighted by Crippen LogP contribution is -2.05. The van der Waals surface area contributed by atoms with Crippen molar-refractivity contribution in [1.82, 2.24) is 9.97 Å². The lowest BCUT2D eigenvalue weighted by molar-refractivity contribution is 0.0468. The first kappa shape index (κ1) is 21.8. The van der Waals surface area contributed by atoms with Crippen LogP contribution in [-0.4, -0.2) is 30.2 Å². The van der Waals surface area contributed by atoms with Crippen molar-refractivity contribution in [3.05, 3.63) is 75.7 Å². The van der Waals surface area contributed by atoms with Crippen molar-refractivity contribution in [3.63, 3.8) is 0 Å². The Hall–Kier alpha value is -3.43. The molecule has 7 nitrogen and oxygen atoms in total. The van der Waals surface area contributed by atoms with Crippen molar-refractivity contribution in [1.29, 1.82) is 0 Å². The molecule has 0 saturated carbocycles. The van der Waals surface area contributed by atoms with Crippen LogP contribution < -0.4 is 14.2 Å². The standard InChI is InChI=1S/C23H20N2O5S2/c1-27-20-5-3-4-19(21(20)28-2)22-25-17(13-32-22)11-30-23(26)15-6-8-18(9-7-15)29-10-16-12-31-14-24-16/h3-9,12-14H,10-11H2,1-2H3. The molecule has 0 bridgehead atoms. The zero-order chi connectivity index (χ0) is 22.3. The van der Waals surface area contributed by atoms with Gasteiger partial charge in [-0.1, -0.05) is 6.07 Å². The summed E-state index contributed by atoms with van der Waals surface area (Å²) in [7, 11) is 3.18. The van der Waals surface area contributed by atoms with Gasteiger partial charge in [0.2, 0.25) is 0 Å². The Kier molecular flexibility index (Phi) is 6.98. The third-order valence-corrected chi connectivity index (χ3v) is 6.06. The van der Waals surface area contributed by atoms with Gasteiger partial charge in [-0.25, -0.2) is 14.8 Å². The molecule has 0 atom stereocenters. The van der Waals surface area contributed by atoms with Crippen molar-refractivity contribution in [2.45, 2.75) is 13.2 Å². The number of thiazole rings is 2. The second-order valence-electron chi connectivity index (χ2n) is 6.55. The predicted octanol–water partition coefficient (Wildman–Crippen LogP) is 5.22. The van der Waals surface area contributed by atoms with Crippen LogP contribution in [0.15, 0.2) is 58.7 Å². The van der Waals surface area contributed by atoms with E-state index in [9.17, 15) is 4.79 Å². The second-order valence-corrected chi connectivity index (χ2v) is 8.13. The number of para-hydroxylation sites is 1. The molecule has 0 fully saturated rings. The molecule has 0 radical (unpaired) electrons. The highest BCUT2D eigenvalue weighted by Crippen LogP contribution is 2.39. The van der Waals surface area contributed by atoms with Gasteiger partial charge in [-0.3, -0.25) is 0 Å². The van der Waals surface area contributed by atoms with Crippen LogP contribution >= 0.6 is 22.7 Å². The molecule has 2 heterocycles. The Morgan fingerprint density at radius 3 is 2.53 bits per heavy atom. The van der Waals surface area contributed by atoms with Crippen LogP contribution in [0, 0.1) is 0 Å². The molecule has 0 aliphatic heterocycles. The Balaban J connectivity index is 1.35. The molecule has 2 aromatic heterocycles. The summed E-state index contributed by atoms with van der Waals surface area (Å²) in [4.78, 5) is 21.1. The number of ether oxygens (including phenoxy) is 4. The van der Waals surface area contributed by atoms with E-state index in [4.69, 9.17) is 18.9 Å². The molecule has 0 spiro atoms. The molecule has 164 valence electrons. The van der Waals surface area contributed by atoms with Crippen LogP contribution in [0.3, 0.4) is 0 Å². The van der Waals surface area contributed by atoms with Crippen LogP contribution in [0.4, 0.5) is 0 Å². The lowest BCUT2D eigenvalue weighted by atomic mass is 10.2. The van der Waals surface area contributed by atoms with Crippen LogP contribution in [0.25, 0.3) is 10.6 Å². The Morgan fingerprint density at radius 1 is 0.969 bits per heavy atom. The summed E-state index contributed by atoms with van der Waals surface area (Å²) in [5.74, 6) is 1.48. The molecule has 0 unspecified atom stereocenters. The maximum absolute atomic E-state index is 12.4. The van der Waals surface area contributed by atoms with E-state index in [0.29, 0.717) is 35.1 Å². The number of methoxy groups -OCH3 is 2. The predicted molar refractivity (Wildman–Crippen MR) is 123 cm³/mol. The fourth-order valence-corrected chi connectivity index (χ4v) is 4.30. The third-order valence-electron chi connectivity index (χ3n) is 4.50. The minimum Gasteiger partial charge on any atom is -0.493 e. The molecule has 0 amide bonds. The highest BCUT2D eigenvalue weighted by atomic mass is 32.1. The molecule has 9 heteroatoms. The summed E-state index contributed by atoms with van der Waals surface area (Å²) in [6, 6.07) is 12.4. The van der Waals surface area contributed by atoms with E-state index in [-0.39, 0.29) is 6.61 Å². The Morgan fingerprint density at radius 2 is 1.81 bits per heavy atom. The van der Waals surface area contributed by atoms with E-state index < -0.39 is 5.97 Å². The topological polar surface area (TPSA) is 79.8 Å². The van der Waals surface area contributed by atoms with Gasteiger partial charge in [0, 0.05) is 10.8 Å². The van der Waals surface area contributed by atoms with Crippen molar-refractivity contribution < 1.29 is 23.7 Å². The lowest BCUT2D eigenvalue weighted by Gasteiger charge is -2.10. The first-order chi connectivity index (χ1) is 15.7. The smallest absolute Gasteiger partial charge is 0.338 e. The minimum atomic E-state index is -0.426. The number of hydrogen-bond donors (Lipinski definition) is 0. The molecule has 0 saturated heterocycles. The number of benzene rings is 2. The summed E-state index contributed by atoms with van der Waals surface area (Å²) in [5.41, 5.74) is 4.55. The van der Waals surface area contributed by atoms with Gasteiger partial charge in [0.15, 0.2) is 11.5 Å². The number of carbonyl (C=O) groups is 1.